The second kappa shape index (κ2) is 4.26. The number of hydrogen-bond acceptors (Lipinski definition) is 2. The van der Waals surface area contributed by atoms with Crippen LogP contribution in [0.25, 0.3) is 0 Å². The lowest BCUT2D eigenvalue weighted by molar-refractivity contribution is 0.400. The second-order valence-electron chi connectivity index (χ2n) is 2.31. The van der Waals surface area contributed by atoms with Gasteiger partial charge in [-0.25, -0.2) is 4.99 Å². The van der Waals surface area contributed by atoms with E-state index in [0.29, 0.717) is 5.90 Å². The molecule has 0 aliphatic heterocycles. The lowest BCUT2D eigenvalue weighted by Crippen LogP contribution is -1.91. The first kappa shape index (κ1) is 9.26. The van der Waals surface area contributed by atoms with Crippen molar-refractivity contribution in [2.45, 2.75) is 6.92 Å². The van der Waals surface area contributed by atoms with Crippen LogP contribution in [0.15, 0.2) is 33.7 Å². The van der Waals surface area contributed by atoms with Gasteiger partial charge in [0.15, 0.2) is 5.90 Å². The second-order valence-corrected chi connectivity index (χ2v) is 3.23. The fourth-order valence-electron chi connectivity index (χ4n) is 0.743. The summed E-state index contributed by atoms with van der Waals surface area (Å²) in [6.45, 7) is 1.82. The molecular formula is C9H10BrNO. The number of aliphatic imine (C=N–C) groups is 1. The average Bonchev–Trinajstić information content (AvgIpc) is 2.09. The van der Waals surface area contributed by atoms with Crippen LogP contribution in [0, 0.1) is 0 Å². The highest BCUT2D eigenvalue weighted by Gasteiger charge is 1.90. The highest BCUT2D eigenvalue weighted by Crippen LogP contribution is 2.16. The van der Waals surface area contributed by atoms with E-state index in [1.807, 2.05) is 31.2 Å². The molecule has 0 heterocycles. The minimum absolute atomic E-state index is 0.664. The maximum absolute atomic E-state index is 4.92. The summed E-state index contributed by atoms with van der Waals surface area (Å²) in [7, 11) is 1.61. The lowest BCUT2D eigenvalue weighted by atomic mass is 10.3. The summed E-state index contributed by atoms with van der Waals surface area (Å²) in [6.07, 6.45) is 0. The number of methoxy groups -OCH3 is 1. The monoisotopic (exact) mass is 227 g/mol. The van der Waals surface area contributed by atoms with Gasteiger partial charge in [0.05, 0.1) is 12.8 Å². The Morgan fingerprint density at radius 3 is 2.42 bits per heavy atom. The van der Waals surface area contributed by atoms with Crippen LogP contribution in [0.4, 0.5) is 5.69 Å². The zero-order valence-corrected chi connectivity index (χ0v) is 8.63. The Labute approximate surface area is 80.4 Å². The molecule has 1 rings (SSSR count). The SMILES string of the molecule is COC(C)=Nc1ccc(Br)cc1. The minimum atomic E-state index is 0.664. The average molecular weight is 228 g/mol. The van der Waals surface area contributed by atoms with E-state index in [-0.39, 0.29) is 0 Å². The molecule has 1 aromatic carbocycles. The van der Waals surface area contributed by atoms with Gasteiger partial charge in [-0.2, -0.15) is 0 Å². The lowest BCUT2D eigenvalue weighted by Gasteiger charge is -1.97. The number of halogens is 1. The van der Waals surface area contributed by atoms with Crippen molar-refractivity contribution in [1.29, 1.82) is 0 Å². The van der Waals surface area contributed by atoms with Crippen LogP contribution >= 0.6 is 15.9 Å². The molecule has 64 valence electrons. The van der Waals surface area contributed by atoms with E-state index >= 15 is 0 Å². The third kappa shape index (κ3) is 2.66. The summed E-state index contributed by atoms with van der Waals surface area (Å²) in [5, 5.41) is 0. The van der Waals surface area contributed by atoms with Crippen LogP contribution in [-0.2, 0) is 4.74 Å². The molecule has 2 nitrogen and oxygen atoms in total. The summed E-state index contributed by atoms with van der Waals surface area (Å²) < 4.78 is 5.97. The number of hydrogen-bond donors (Lipinski definition) is 0. The van der Waals surface area contributed by atoms with Crippen LogP contribution in [0.3, 0.4) is 0 Å². The molecule has 0 radical (unpaired) electrons. The van der Waals surface area contributed by atoms with Gasteiger partial charge < -0.3 is 4.74 Å². The van der Waals surface area contributed by atoms with Gasteiger partial charge >= 0.3 is 0 Å². The van der Waals surface area contributed by atoms with Crippen molar-refractivity contribution in [1.82, 2.24) is 0 Å². The molecule has 0 amide bonds. The summed E-state index contributed by atoms with van der Waals surface area (Å²) in [6, 6.07) is 7.74. The number of ether oxygens (including phenoxy) is 1. The molecule has 0 saturated carbocycles. The van der Waals surface area contributed by atoms with E-state index in [4.69, 9.17) is 4.74 Å². The molecule has 0 N–H and O–H groups in total. The van der Waals surface area contributed by atoms with E-state index in [9.17, 15) is 0 Å². The van der Waals surface area contributed by atoms with E-state index in [2.05, 4.69) is 20.9 Å². The highest BCUT2D eigenvalue weighted by molar-refractivity contribution is 9.10. The molecule has 0 unspecified atom stereocenters. The van der Waals surface area contributed by atoms with Crippen molar-refractivity contribution in [2.75, 3.05) is 7.11 Å². The van der Waals surface area contributed by atoms with E-state index in [1.165, 1.54) is 0 Å². The minimum Gasteiger partial charge on any atom is -0.484 e. The molecule has 0 atom stereocenters. The summed E-state index contributed by atoms with van der Waals surface area (Å²) >= 11 is 3.35. The molecule has 0 aliphatic carbocycles. The fraction of sp³-hybridized carbons (Fsp3) is 0.222. The van der Waals surface area contributed by atoms with Crippen molar-refractivity contribution >= 4 is 27.5 Å². The Morgan fingerprint density at radius 2 is 1.92 bits per heavy atom. The topological polar surface area (TPSA) is 21.6 Å². The van der Waals surface area contributed by atoms with Gasteiger partial charge in [-0.1, -0.05) is 15.9 Å². The smallest absolute Gasteiger partial charge is 0.184 e. The first-order valence-corrected chi connectivity index (χ1v) is 4.36. The van der Waals surface area contributed by atoms with Crippen LogP contribution in [0.5, 0.6) is 0 Å². The predicted molar refractivity (Wildman–Crippen MR) is 53.9 cm³/mol. The zero-order chi connectivity index (χ0) is 8.97. The number of benzene rings is 1. The molecular weight excluding hydrogens is 218 g/mol. The van der Waals surface area contributed by atoms with Crippen molar-refractivity contribution in [3.8, 4) is 0 Å². The van der Waals surface area contributed by atoms with Crippen LogP contribution < -0.4 is 0 Å². The highest BCUT2D eigenvalue weighted by atomic mass is 79.9. The van der Waals surface area contributed by atoms with Gasteiger partial charge in [0.1, 0.15) is 0 Å². The number of nitrogens with zero attached hydrogens (tertiary/aromatic N) is 1. The molecule has 0 aromatic heterocycles. The predicted octanol–water partition coefficient (Wildman–Crippen LogP) is 3.15. The van der Waals surface area contributed by atoms with Gasteiger partial charge in [0.2, 0.25) is 0 Å². The summed E-state index contributed by atoms with van der Waals surface area (Å²) in [4.78, 5) is 4.19. The quantitative estimate of drug-likeness (QED) is 0.534. The van der Waals surface area contributed by atoms with Crippen molar-refractivity contribution in [2.24, 2.45) is 4.99 Å². The normalized spacial score (nSPS) is 11.4. The summed E-state index contributed by atoms with van der Waals surface area (Å²) in [5.74, 6) is 0.664. The molecule has 0 fully saturated rings. The van der Waals surface area contributed by atoms with Gasteiger partial charge in [-0.15, -0.1) is 0 Å². The van der Waals surface area contributed by atoms with Gasteiger partial charge in [-0.05, 0) is 24.3 Å². The Morgan fingerprint density at radius 1 is 1.33 bits per heavy atom. The fourth-order valence-corrected chi connectivity index (χ4v) is 1.01. The van der Waals surface area contributed by atoms with Crippen LogP contribution in [-0.4, -0.2) is 13.0 Å². The maximum atomic E-state index is 4.92. The molecule has 0 bridgehead atoms. The largest absolute Gasteiger partial charge is 0.484 e. The van der Waals surface area contributed by atoms with Crippen molar-refractivity contribution < 1.29 is 4.74 Å². The van der Waals surface area contributed by atoms with Crippen LogP contribution in [0.1, 0.15) is 6.92 Å². The first-order valence-electron chi connectivity index (χ1n) is 3.57. The standard InChI is InChI=1S/C9H10BrNO/c1-7(12-2)11-9-5-3-8(10)4-6-9/h3-6H,1-2H3. The van der Waals surface area contributed by atoms with Gasteiger partial charge in [0, 0.05) is 11.4 Å². The number of rotatable bonds is 1. The molecule has 0 spiro atoms. The molecule has 1 aromatic rings. The van der Waals surface area contributed by atoms with Gasteiger partial charge in [0.25, 0.3) is 0 Å². The molecule has 0 saturated heterocycles. The molecule has 12 heavy (non-hydrogen) atoms. The maximum Gasteiger partial charge on any atom is 0.184 e. The van der Waals surface area contributed by atoms with Crippen molar-refractivity contribution in [3.63, 3.8) is 0 Å². The molecule has 3 heteroatoms. The van der Waals surface area contributed by atoms with E-state index in [1.54, 1.807) is 7.11 Å². The Hall–Kier alpha value is -0.830. The first-order chi connectivity index (χ1) is 5.72. The van der Waals surface area contributed by atoms with Crippen molar-refractivity contribution in [3.05, 3.63) is 28.7 Å². The van der Waals surface area contributed by atoms with E-state index < -0.39 is 0 Å². The Balaban J connectivity index is 2.84. The van der Waals surface area contributed by atoms with Gasteiger partial charge in [-0.3, -0.25) is 0 Å². The summed E-state index contributed by atoms with van der Waals surface area (Å²) in [5.41, 5.74) is 0.901. The zero-order valence-electron chi connectivity index (χ0n) is 7.04. The molecule has 0 aliphatic rings. The van der Waals surface area contributed by atoms with Crippen LogP contribution in [0.2, 0.25) is 0 Å². The third-order valence-electron chi connectivity index (χ3n) is 1.41. The Kier molecular flexibility index (Phi) is 3.29. The third-order valence-corrected chi connectivity index (χ3v) is 1.94. The Bertz CT molecular complexity index is 279. The van der Waals surface area contributed by atoms with E-state index in [0.717, 1.165) is 10.2 Å².